The molecule has 0 spiro atoms. The van der Waals surface area contributed by atoms with Crippen LogP contribution in [0.4, 0.5) is 0 Å². The first-order chi connectivity index (χ1) is 10.8. The maximum absolute atomic E-state index is 4.10. The zero-order valence-corrected chi connectivity index (χ0v) is 12.9. The Morgan fingerprint density at radius 2 is 1.86 bits per heavy atom. The van der Waals surface area contributed by atoms with Gasteiger partial charge in [0.25, 0.3) is 0 Å². The van der Waals surface area contributed by atoms with Gasteiger partial charge in [0.2, 0.25) is 0 Å². The van der Waals surface area contributed by atoms with Crippen LogP contribution in [0.25, 0.3) is 22.0 Å². The monoisotopic (exact) mass is 291 g/mol. The Kier molecular flexibility index (Phi) is 3.43. The Morgan fingerprint density at radius 1 is 1.05 bits per heavy atom. The fourth-order valence-corrected chi connectivity index (χ4v) is 3.44. The average molecular weight is 291 g/mol. The number of fused-ring (bicyclic) bond motifs is 1. The molecule has 1 aromatic heterocycles. The molecule has 1 atom stereocenters. The smallest absolute Gasteiger partial charge is 0.0650 e. The minimum atomic E-state index is 0.500. The molecule has 22 heavy (non-hydrogen) atoms. The largest absolute Gasteiger partial charge is 0.297 e. The molecule has 0 amide bonds. The summed E-state index contributed by atoms with van der Waals surface area (Å²) in [5.74, 6) is 0. The van der Waals surface area contributed by atoms with E-state index in [1.165, 1.54) is 42.6 Å². The fraction of sp³-hybridized carbons (Fsp3) is 0.316. The molecular formula is C19H21N3. The number of hydrogen-bond donors (Lipinski definition) is 1. The molecule has 1 aliphatic heterocycles. The molecule has 0 saturated carbocycles. The summed E-state index contributed by atoms with van der Waals surface area (Å²) in [5.41, 5.74) is 5.04. The van der Waals surface area contributed by atoms with Gasteiger partial charge < -0.3 is 0 Å². The maximum atomic E-state index is 4.10. The van der Waals surface area contributed by atoms with E-state index in [0.29, 0.717) is 6.04 Å². The molecular weight excluding hydrogens is 270 g/mol. The predicted octanol–water partition coefficient (Wildman–Crippen LogP) is 4.39. The van der Waals surface area contributed by atoms with Gasteiger partial charge in [0.15, 0.2) is 0 Å². The number of aromatic amines is 1. The van der Waals surface area contributed by atoms with Crippen molar-refractivity contribution in [3.05, 3.63) is 54.2 Å². The van der Waals surface area contributed by atoms with E-state index in [1.54, 1.807) is 0 Å². The molecule has 2 heterocycles. The van der Waals surface area contributed by atoms with Crippen molar-refractivity contribution < 1.29 is 0 Å². The second kappa shape index (κ2) is 5.58. The average Bonchev–Trinajstić information content (AvgIpc) is 3.25. The number of nitrogens with zero attached hydrogens (tertiary/aromatic N) is 2. The lowest BCUT2D eigenvalue weighted by atomic mass is 9.99. The van der Waals surface area contributed by atoms with E-state index >= 15 is 0 Å². The Morgan fingerprint density at radius 3 is 2.73 bits per heavy atom. The van der Waals surface area contributed by atoms with Gasteiger partial charge in [-0.05, 0) is 67.7 Å². The second-order valence-corrected chi connectivity index (χ2v) is 6.22. The van der Waals surface area contributed by atoms with Crippen LogP contribution in [0.1, 0.15) is 31.4 Å². The SMILES string of the molecule is CC(c1cccc(-c2ccc3[nH]ncc3c2)c1)N1CCCC1. The quantitative estimate of drug-likeness (QED) is 0.776. The number of likely N-dealkylation sites (tertiary alicyclic amines) is 1. The van der Waals surface area contributed by atoms with E-state index in [-0.39, 0.29) is 0 Å². The first kappa shape index (κ1) is 13.5. The van der Waals surface area contributed by atoms with Gasteiger partial charge in [-0.3, -0.25) is 10.00 Å². The van der Waals surface area contributed by atoms with E-state index < -0.39 is 0 Å². The number of aromatic nitrogens is 2. The second-order valence-electron chi connectivity index (χ2n) is 6.22. The van der Waals surface area contributed by atoms with Crippen molar-refractivity contribution in [3.8, 4) is 11.1 Å². The van der Waals surface area contributed by atoms with Crippen LogP contribution in [0, 0.1) is 0 Å². The first-order valence-corrected chi connectivity index (χ1v) is 8.09. The molecule has 2 aromatic carbocycles. The number of hydrogen-bond acceptors (Lipinski definition) is 2. The molecule has 1 aliphatic rings. The number of nitrogens with one attached hydrogen (secondary N) is 1. The van der Waals surface area contributed by atoms with Crippen LogP contribution in [0.2, 0.25) is 0 Å². The van der Waals surface area contributed by atoms with Crippen molar-refractivity contribution in [1.29, 1.82) is 0 Å². The summed E-state index contributed by atoms with van der Waals surface area (Å²) in [6.07, 6.45) is 4.55. The van der Waals surface area contributed by atoms with Gasteiger partial charge in [-0.1, -0.05) is 24.3 Å². The Balaban J connectivity index is 1.68. The van der Waals surface area contributed by atoms with Crippen LogP contribution < -0.4 is 0 Å². The van der Waals surface area contributed by atoms with Gasteiger partial charge >= 0.3 is 0 Å². The number of benzene rings is 2. The highest BCUT2D eigenvalue weighted by Crippen LogP contribution is 2.29. The van der Waals surface area contributed by atoms with E-state index in [9.17, 15) is 0 Å². The number of rotatable bonds is 3. The van der Waals surface area contributed by atoms with Crippen molar-refractivity contribution in [2.75, 3.05) is 13.1 Å². The topological polar surface area (TPSA) is 31.9 Å². The summed E-state index contributed by atoms with van der Waals surface area (Å²) in [5, 5.41) is 8.27. The summed E-state index contributed by atoms with van der Waals surface area (Å²) in [6.45, 7) is 4.78. The normalized spacial score (nSPS) is 17.1. The molecule has 1 fully saturated rings. The minimum Gasteiger partial charge on any atom is -0.297 e. The van der Waals surface area contributed by atoms with Crippen LogP contribution >= 0.6 is 0 Å². The molecule has 3 aromatic rings. The highest BCUT2D eigenvalue weighted by molar-refractivity contribution is 5.84. The summed E-state index contributed by atoms with van der Waals surface area (Å²) < 4.78 is 0. The lowest BCUT2D eigenvalue weighted by Gasteiger charge is -2.24. The lowest BCUT2D eigenvalue weighted by Crippen LogP contribution is -2.23. The predicted molar refractivity (Wildman–Crippen MR) is 90.8 cm³/mol. The maximum Gasteiger partial charge on any atom is 0.0650 e. The molecule has 112 valence electrons. The van der Waals surface area contributed by atoms with Crippen molar-refractivity contribution in [2.24, 2.45) is 0 Å². The minimum absolute atomic E-state index is 0.500. The molecule has 0 bridgehead atoms. The molecule has 1 N–H and O–H groups in total. The Labute approximate surface area is 131 Å². The molecule has 4 rings (SSSR count). The van der Waals surface area contributed by atoms with E-state index in [2.05, 4.69) is 64.5 Å². The van der Waals surface area contributed by atoms with Gasteiger partial charge in [-0.15, -0.1) is 0 Å². The standard InChI is InChI=1S/C19H21N3/c1-14(22-9-2-3-10-22)15-5-4-6-16(11-15)17-7-8-19-18(12-17)13-20-21-19/h4-8,11-14H,2-3,9-10H2,1H3,(H,20,21). The van der Waals surface area contributed by atoms with Crippen LogP contribution in [0.15, 0.2) is 48.7 Å². The van der Waals surface area contributed by atoms with Crippen molar-refractivity contribution >= 4 is 10.9 Å². The van der Waals surface area contributed by atoms with Gasteiger partial charge in [0.1, 0.15) is 0 Å². The van der Waals surface area contributed by atoms with Crippen molar-refractivity contribution in [2.45, 2.75) is 25.8 Å². The third-order valence-corrected chi connectivity index (χ3v) is 4.83. The summed E-state index contributed by atoms with van der Waals surface area (Å²) in [4.78, 5) is 2.58. The number of H-pyrrole nitrogens is 1. The molecule has 0 aliphatic carbocycles. The summed E-state index contributed by atoms with van der Waals surface area (Å²) in [6, 6.07) is 15.9. The highest BCUT2D eigenvalue weighted by Gasteiger charge is 2.19. The molecule has 3 heteroatoms. The van der Waals surface area contributed by atoms with Crippen LogP contribution in [-0.4, -0.2) is 28.2 Å². The van der Waals surface area contributed by atoms with Crippen molar-refractivity contribution in [1.82, 2.24) is 15.1 Å². The van der Waals surface area contributed by atoms with Crippen LogP contribution in [0.3, 0.4) is 0 Å². The van der Waals surface area contributed by atoms with E-state index in [1.807, 2.05) is 6.20 Å². The molecule has 3 nitrogen and oxygen atoms in total. The van der Waals surface area contributed by atoms with Crippen molar-refractivity contribution in [3.63, 3.8) is 0 Å². The Hall–Kier alpha value is -2.13. The van der Waals surface area contributed by atoms with Gasteiger partial charge in [-0.25, -0.2) is 0 Å². The zero-order valence-electron chi connectivity index (χ0n) is 12.9. The highest BCUT2D eigenvalue weighted by atomic mass is 15.2. The third-order valence-electron chi connectivity index (χ3n) is 4.83. The fourth-order valence-electron chi connectivity index (χ4n) is 3.44. The third kappa shape index (κ3) is 2.42. The van der Waals surface area contributed by atoms with Crippen LogP contribution in [-0.2, 0) is 0 Å². The molecule has 1 unspecified atom stereocenters. The Bertz CT molecular complexity index is 784. The zero-order chi connectivity index (χ0) is 14.9. The van der Waals surface area contributed by atoms with Gasteiger partial charge in [0.05, 0.1) is 11.7 Å². The molecule has 1 saturated heterocycles. The van der Waals surface area contributed by atoms with Gasteiger partial charge in [-0.2, -0.15) is 5.10 Å². The lowest BCUT2D eigenvalue weighted by molar-refractivity contribution is 0.263. The van der Waals surface area contributed by atoms with E-state index in [4.69, 9.17) is 0 Å². The van der Waals surface area contributed by atoms with Crippen LogP contribution in [0.5, 0.6) is 0 Å². The van der Waals surface area contributed by atoms with E-state index in [0.717, 1.165) is 10.9 Å². The summed E-state index contributed by atoms with van der Waals surface area (Å²) >= 11 is 0. The van der Waals surface area contributed by atoms with Gasteiger partial charge in [0, 0.05) is 11.4 Å². The summed E-state index contributed by atoms with van der Waals surface area (Å²) in [7, 11) is 0. The molecule has 0 radical (unpaired) electrons. The first-order valence-electron chi connectivity index (χ1n) is 8.09.